The lowest BCUT2D eigenvalue weighted by Gasteiger charge is -2.30. The minimum absolute atomic E-state index is 0.190. The average Bonchev–Trinajstić information content (AvgIpc) is 2.23. The molecule has 1 rings (SSSR count). The zero-order chi connectivity index (χ0) is 13.1. The van der Waals surface area contributed by atoms with Crippen LogP contribution in [0, 0.1) is 5.82 Å². The summed E-state index contributed by atoms with van der Waals surface area (Å²) in [5.41, 5.74) is 0.370. The van der Waals surface area contributed by atoms with Gasteiger partial charge in [-0.3, -0.25) is 0 Å². The lowest BCUT2D eigenvalue weighted by molar-refractivity contribution is 0.0875. The Morgan fingerprint density at radius 3 is 2.41 bits per heavy atom. The van der Waals surface area contributed by atoms with E-state index in [9.17, 15) is 9.50 Å². The highest BCUT2D eigenvalue weighted by molar-refractivity contribution is 5.49. The van der Waals surface area contributed by atoms with Gasteiger partial charge in [0.2, 0.25) is 0 Å². The molecular formula is C13H20FNO2. The van der Waals surface area contributed by atoms with E-state index in [1.807, 2.05) is 11.8 Å². The summed E-state index contributed by atoms with van der Waals surface area (Å²) in [6.45, 7) is 6.25. The maximum absolute atomic E-state index is 13.3. The van der Waals surface area contributed by atoms with E-state index in [1.54, 1.807) is 19.9 Å². The molecule has 0 bridgehead atoms. The summed E-state index contributed by atoms with van der Waals surface area (Å²) in [6.07, 6.45) is 0. The summed E-state index contributed by atoms with van der Waals surface area (Å²) < 4.78 is 13.3. The standard InChI is InChI=1S/C13H20FNO2/c1-4-15(9-13(2,3)17)12-6-10(8-16)5-11(14)7-12/h5-7,16-17H,4,8-9H2,1-3H3. The third-order valence-electron chi connectivity index (χ3n) is 2.45. The van der Waals surface area contributed by atoms with E-state index < -0.39 is 5.60 Å². The van der Waals surface area contributed by atoms with Crippen molar-refractivity contribution in [3.05, 3.63) is 29.6 Å². The second-order valence-electron chi connectivity index (χ2n) is 4.80. The van der Waals surface area contributed by atoms with E-state index in [1.165, 1.54) is 12.1 Å². The molecule has 0 unspecified atom stereocenters. The van der Waals surface area contributed by atoms with Crippen LogP contribution in [0.5, 0.6) is 0 Å². The lowest BCUT2D eigenvalue weighted by atomic mass is 10.1. The smallest absolute Gasteiger partial charge is 0.125 e. The average molecular weight is 241 g/mol. The molecule has 0 radical (unpaired) electrons. The third kappa shape index (κ3) is 4.32. The summed E-state index contributed by atoms with van der Waals surface area (Å²) in [4.78, 5) is 1.88. The molecule has 0 heterocycles. The number of benzene rings is 1. The van der Waals surface area contributed by atoms with Gasteiger partial charge in [-0.25, -0.2) is 4.39 Å². The predicted octanol–water partition coefficient (Wildman–Crippen LogP) is 1.92. The van der Waals surface area contributed by atoms with Gasteiger partial charge in [0.05, 0.1) is 12.2 Å². The van der Waals surface area contributed by atoms with Crippen molar-refractivity contribution in [1.29, 1.82) is 0 Å². The minimum Gasteiger partial charge on any atom is -0.392 e. The Kier molecular flexibility index (Phi) is 4.48. The fraction of sp³-hybridized carbons (Fsp3) is 0.538. The molecule has 1 aromatic rings. The quantitative estimate of drug-likeness (QED) is 0.827. The van der Waals surface area contributed by atoms with Gasteiger partial charge in [-0.2, -0.15) is 0 Å². The lowest BCUT2D eigenvalue weighted by Crippen LogP contribution is -2.38. The summed E-state index contributed by atoms with van der Waals surface area (Å²) in [5, 5.41) is 18.8. The molecule has 3 nitrogen and oxygen atoms in total. The van der Waals surface area contributed by atoms with Crippen LogP contribution in [0.25, 0.3) is 0 Å². The van der Waals surface area contributed by atoms with Gasteiger partial charge in [-0.05, 0) is 44.5 Å². The second-order valence-corrected chi connectivity index (χ2v) is 4.80. The molecule has 0 aliphatic heterocycles. The van der Waals surface area contributed by atoms with Crippen LogP contribution in [-0.4, -0.2) is 28.9 Å². The van der Waals surface area contributed by atoms with Crippen molar-refractivity contribution >= 4 is 5.69 Å². The van der Waals surface area contributed by atoms with Crippen molar-refractivity contribution in [3.8, 4) is 0 Å². The van der Waals surface area contributed by atoms with Crippen molar-refractivity contribution < 1.29 is 14.6 Å². The van der Waals surface area contributed by atoms with Gasteiger partial charge in [-0.15, -0.1) is 0 Å². The number of aliphatic hydroxyl groups excluding tert-OH is 1. The molecule has 0 spiro atoms. The Balaban J connectivity index is 2.99. The highest BCUT2D eigenvalue weighted by Gasteiger charge is 2.18. The van der Waals surface area contributed by atoms with E-state index in [-0.39, 0.29) is 12.4 Å². The first-order valence-electron chi connectivity index (χ1n) is 5.73. The summed E-state index contributed by atoms with van der Waals surface area (Å²) in [5.74, 6) is -0.374. The minimum atomic E-state index is -0.846. The first kappa shape index (κ1) is 13.9. The van der Waals surface area contributed by atoms with Crippen molar-refractivity contribution in [2.45, 2.75) is 33.0 Å². The molecule has 0 amide bonds. The van der Waals surface area contributed by atoms with Crippen molar-refractivity contribution in [1.82, 2.24) is 0 Å². The highest BCUT2D eigenvalue weighted by Crippen LogP contribution is 2.20. The normalized spacial score (nSPS) is 11.6. The van der Waals surface area contributed by atoms with Crippen LogP contribution in [0.3, 0.4) is 0 Å². The Morgan fingerprint density at radius 2 is 1.94 bits per heavy atom. The fourth-order valence-electron chi connectivity index (χ4n) is 1.76. The molecule has 96 valence electrons. The fourth-order valence-corrected chi connectivity index (χ4v) is 1.76. The number of aliphatic hydroxyl groups is 2. The summed E-state index contributed by atoms with van der Waals surface area (Å²) in [6, 6.07) is 4.45. The highest BCUT2D eigenvalue weighted by atomic mass is 19.1. The molecule has 17 heavy (non-hydrogen) atoms. The molecule has 0 aliphatic rings. The Labute approximate surface area is 101 Å². The summed E-state index contributed by atoms with van der Waals surface area (Å²) in [7, 11) is 0. The van der Waals surface area contributed by atoms with Gasteiger partial charge >= 0.3 is 0 Å². The molecule has 4 heteroatoms. The molecule has 2 N–H and O–H groups in total. The predicted molar refractivity (Wildman–Crippen MR) is 66.5 cm³/mol. The number of halogens is 1. The van der Waals surface area contributed by atoms with Gasteiger partial charge in [-0.1, -0.05) is 0 Å². The van der Waals surface area contributed by atoms with Gasteiger partial charge in [0, 0.05) is 18.8 Å². The van der Waals surface area contributed by atoms with Crippen LogP contribution in [0.2, 0.25) is 0 Å². The molecule has 1 aromatic carbocycles. The SMILES string of the molecule is CCN(CC(C)(C)O)c1cc(F)cc(CO)c1. The van der Waals surface area contributed by atoms with Crippen LogP contribution in [0.4, 0.5) is 10.1 Å². The maximum atomic E-state index is 13.3. The van der Waals surface area contributed by atoms with Crippen molar-refractivity contribution in [3.63, 3.8) is 0 Å². The molecule has 0 saturated heterocycles. The number of rotatable bonds is 5. The van der Waals surface area contributed by atoms with E-state index in [0.29, 0.717) is 24.3 Å². The maximum Gasteiger partial charge on any atom is 0.125 e. The van der Waals surface area contributed by atoms with Crippen LogP contribution in [0.1, 0.15) is 26.3 Å². The molecular weight excluding hydrogens is 221 g/mol. The van der Waals surface area contributed by atoms with Crippen LogP contribution in [0.15, 0.2) is 18.2 Å². The van der Waals surface area contributed by atoms with Gasteiger partial charge in [0.1, 0.15) is 5.82 Å². The Bertz CT molecular complexity index is 374. The van der Waals surface area contributed by atoms with E-state index in [0.717, 1.165) is 0 Å². The van der Waals surface area contributed by atoms with E-state index >= 15 is 0 Å². The number of anilines is 1. The number of hydrogen-bond acceptors (Lipinski definition) is 3. The van der Waals surface area contributed by atoms with Crippen molar-refractivity contribution in [2.24, 2.45) is 0 Å². The number of likely N-dealkylation sites (N-methyl/N-ethyl adjacent to an activating group) is 1. The molecule has 0 saturated carbocycles. The molecule has 0 atom stereocenters. The Morgan fingerprint density at radius 1 is 1.29 bits per heavy atom. The third-order valence-corrected chi connectivity index (χ3v) is 2.45. The van der Waals surface area contributed by atoms with Gasteiger partial charge in [0.15, 0.2) is 0 Å². The number of hydrogen-bond donors (Lipinski definition) is 2. The molecule has 0 aromatic heterocycles. The second kappa shape index (κ2) is 5.47. The first-order valence-corrected chi connectivity index (χ1v) is 5.73. The van der Waals surface area contributed by atoms with Crippen LogP contribution in [-0.2, 0) is 6.61 Å². The number of nitrogens with zero attached hydrogens (tertiary/aromatic N) is 1. The zero-order valence-corrected chi connectivity index (χ0v) is 10.6. The first-order chi connectivity index (χ1) is 7.85. The van der Waals surface area contributed by atoms with Gasteiger partial charge < -0.3 is 15.1 Å². The monoisotopic (exact) mass is 241 g/mol. The van der Waals surface area contributed by atoms with Crippen LogP contribution >= 0.6 is 0 Å². The van der Waals surface area contributed by atoms with Crippen LogP contribution < -0.4 is 4.90 Å². The molecule has 0 fully saturated rings. The summed E-state index contributed by atoms with van der Waals surface area (Å²) >= 11 is 0. The molecule has 0 aliphatic carbocycles. The largest absolute Gasteiger partial charge is 0.392 e. The topological polar surface area (TPSA) is 43.7 Å². The zero-order valence-electron chi connectivity index (χ0n) is 10.6. The van der Waals surface area contributed by atoms with E-state index in [4.69, 9.17) is 5.11 Å². The Hall–Kier alpha value is -1.13. The van der Waals surface area contributed by atoms with Gasteiger partial charge in [0.25, 0.3) is 0 Å². The van der Waals surface area contributed by atoms with E-state index in [2.05, 4.69) is 0 Å². The van der Waals surface area contributed by atoms with Crippen molar-refractivity contribution in [2.75, 3.05) is 18.0 Å².